The largest absolute Gasteiger partial charge is 0.462 e. The molecule has 1 aliphatic heterocycles. The Morgan fingerprint density at radius 1 is 0.816 bits per heavy atom. The van der Waals surface area contributed by atoms with Gasteiger partial charge in [0.25, 0.3) is 17.7 Å². The minimum Gasteiger partial charge on any atom is -0.462 e. The number of carbonyl (C=O) groups is 4. The highest BCUT2D eigenvalue weighted by atomic mass is 35.5. The van der Waals surface area contributed by atoms with E-state index in [1.807, 2.05) is 26.0 Å². The zero-order valence-electron chi connectivity index (χ0n) is 20.9. The molecular weight excluding hydrogens is 506 g/mol. The number of rotatable bonds is 9. The Morgan fingerprint density at radius 3 is 2.03 bits per heavy atom. The summed E-state index contributed by atoms with van der Waals surface area (Å²) in [5.74, 6) is -1.94. The van der Waals surface area contributed by atoms with Gasteiger partial charge in [-0.05, 0) is 79.1 Å². The van der Waals surface area contributed by atoms with Crippen molar-refractivity contribution in [1.29, 1.82) is 0 Å². The molecule has 0 saturated carbocycles. The predicted molar refractivity (Wildman–Crippen MR) is 146 cm³/mol. The molecule has 0 radical (unpaired) electrons. The van der Waals surface area contributed by atoms with Crippen molar-refractivity contribution < 1.29 is 23.9 Å². The van der Waals surface area contributed by atoms with Crippen molar-refractivity contribution in [2.75, 3.05) is 22.1 Å². The van der Waals surface area contributed by atoms with E-state index >= 15 is 0 Å². The second kappa shape index (κ2) is 11.7. The summed E-state index contributed by atoms with van der Waals surface area (Å²) in [5.41, 5.74) is 3.25. The third kappa shape index (κ3) is 5.76. The number of esters is 1. The van der Waals surface area contributed by atoms with Gasteiger partial charge in [0.15, 0.2) is 0 Å². The Kier molecular flexibility index (Phi) is 8.23. The van der Waals surface area contributed by atoms with E-state index in [1.54, 1.807) is 60.7 Å². The number of benzene rings is 3. The zero-order valence-corrected chi connectivity index (χ0v) is 21.7. The third-order valence-electron chi connectivity index (χ3n) is 5.86. The van der Waals surface area contributed by atoms with Crippen molar-refractivity contribution in [3.63, 3.8) is 0 Å². The smallest absolute Gasteiger partial charge is 0.338 e. The number of aryl methyl sites for hydroxylation is 1. The molecule has 0 aromatic heterocycles. The summed E-state index contributed by atoms with van der Waals surface area (Å²) >= 11 is 6.22. The molecule has 0 atom stereocenters. The van der Waals surface area contributed by atoms with Gasteiger partial charge in [-0.15, -0.1) is 0 Å². The van der Waals surface area contributed by atoms with Crippen LogP contribution in [0.4, 0.5) is 17.1 Å². The van der Waals surface area contributed by atoms with Gasteiger partial charge in [-0.2, -0.15) is 0 Å². The zero-order chi connectivity index (χ0) is 27.2. The van der Waals surface area contributed by atoms with Gasteiger partial charge in [-0.25, -0.2) is 9.69 Å². The van der Waals surface area contributed by atoms with Crippen LogP contribution in [-0.4, -0.2) is 30.3 Å². The van der Waals surface area contributed by atoms with E-state index in [0.29, 0.717) is 34.8 Å². The van der Waals surface area contributed by atoms with Crippen molar-refractivity contribution >= 4 is 52.4 Å². The van der Waals surface area contributed by atoms with Gasteiger partial charge in [-0.1, -0.05) is 37.6 Å². The Bertz CT molecular complexity index is 1400. The summed E-state index contributed by atoms with van der Waals surface area (Å²) in [7, 11) is 0. The average Bonchev–Trinajstić information content (AvgIpc) is 3.15. The quantitative estimate of drug-likeness (QED) is 0.279. The predicted octanol–water partition coefficient (Wildman–Crippen LogP) is 5.50. The molecule has 4 rings (SSSR count). The number of halogens is 1. The van der Waals surface area contributed by atoms with Crippen LogP contribution < -0.4 is 15.5 Å². The molecule has 0 unspecified atom stereocenters. The van der Waals surface area contributed by atoms with Crippen molar-refractivity contribution in [3.05, 3.63) is 100 Å². The van der Waals surface area contributed by atoms with Gasteiger partial charge in [-0.3, -0.25) is 14.4 Å². The Hall–Kier alpha value is -4.43. The molecule has 0 saturated heterocycles. The fourth-order valence-electron chi connectivity index (χ4n) is 3.75. The lowest BCUT2D eigenvalue weighted by Gasteiger charge is -2.15. The van der Waals surface area contributed by atoms with Crippen LogP contribution in [0.25, 0.3) is 0 Å². The lowest BCUT2D eigenvalue weighted by molar-refractivity contribution is -0.120. The summed E-state index contributed by atoms with van der Waals surface area (Å²) in [4.78, 5) is 51.3. The number of hydrogen-bond donors (Lipinski definition) is 2. The average molecular weight is 532 g/mol. The number of nitrogens with one attached hydrogen (secondary N) is 2. The van der Waals surface area contributed by atoms with E-state index in [0.717, 1.165) is 23.3 Å². The lowest BCUT2D eigenvalue weighted by atomic mass is 10.1. The summed E-state index contributed by atoms with van der Waals surface area (Å²) in [5, 5.41) is 5.46. The first kappa shape index (κ1) is 26.6. The second-order valence-electron chi connectivity index (χ2n) is 8.52. The highest BCUT2D eigenvalue weighted by Gasteiger charge is 2.38. The van der Waals surface area contributed by atoms with Crippen LogP contribution >= 0.6 is 11.6 Å². The van der Waals surface area contributed by atoms with E-state index in [4.69, 9.17) is 16.3 Å². The van der Waals surface area contributed by atoms with E-state index in [9.17, 15) is 19.2 Å². The third-order valence-corrected chi connectivity index (χ3v) is 6.21. The van der Waals surface area contributed by atoms with Crippen molar-refractivity contribution in [2.45, 2.75) is 26.7 Å². The van der Waals surface area contributed by atoms with Crippen LogP contribution in [0.1, 0.15) is 46.5 Å². The van der Waals surface area contributed by atoms with Gasteiger partial charge in [0.1, 0.15) is 10.7 Å². The monoisotopic (exact) mass is 531 g/mol. The Morgan fingerprint density at radius 2 is 1.42 bits per heavy atom. The first-order chi connectivity index (χ1) is 18.3. The second-order valence-corrected chi connectivity index (χ2v) is 8.90. The molecule has 0 bridgehead atoms. The minimum atomic E-state index is -0.607. The molecule has 3 aromatic carbocycles. The summed E-state index contributed by atoms with van der Waals surface area (Å²) in [6.45, 7) is 4.28. The molecule has 2 N–H and O–H groups in total. The van der Waals surface area contributed by atoms with Crippen molar-refractivity contribution in [1.82, 2.24) is 0 Å². The summed E-state index contributed by atoms with van der Waals surface area (Å²) in [6, 6.07) is 19.9. The molecule has 9 heteroatoms. The topological polar surface area (TPSA) is 105 Å². The molecule has 3 amide bonds. The van der Waals surface area contributed by atoms with Crippen LogP contribution in [0.2, 0.25) is 0 Å². The number of imide groups is 1. The number of ether oxygens (including phenoxy) is 1. The first-order valence-corrected chi connectivity index (χ1v) is 12.5. The maximum atomic E-state index is 13.0. The molecule has 3 aromatic rings. The van der Waals surface area contributed by atoms with Crippen LogP contribution in [0.15, 0.2) is 83.5 Å². The van der Waals surface area contributed by atoms with E-state index in [2.05, 4.69) is 10.6 Å². The molecule has 38 heavy (non-hydrogen) atoms. The van der Waals surface area contributed by atoms with Gasteiger partial charge in [0.2, 0.25) is 0 Å². The molecular formula is C29H26ClN3O5. The fourth-order valence-corrected chi connectivity index (χ4v) is 3.96. The SMILES string of the molecule is CCCOC(=O)c1ccc(NC(=O)c2ccc(NC3=C(Cl)C(=O)N(c4ccc(CC)cc4)C3=O)cc2)cc1. The molecule has 1 aliphatic rings. The van der Waals surface area contributed by atoms with Gasteiger partial charge in [0, 0.05) is 16.9 Å². The molecule has 0 aliphatic carbocycles. The number of amides is 3. The highest BCUT2D eigenvalue weighted by Crippen LogP contribution is 2.30. The van der Waals surface area contributed by atoms with Crippen LogP contribution in [0.5, 0.6) is 0 Å². The van der Waals surface area contributed by atoms with E-state index in [1.165, 1.54) is 0 Å². The molecule has 8 nitrogen and oxygen atoms in total. The number of anilines is 3. The number of nitrogens with zero attached hydrogens (tertiary/aromatic N) is 1. The van der Waals surface area contributed by atoms with Gasteiger partial charge >= 0.3 is 5.97 Å². The fraction of sp³-hybridized carbons (Fsp3) is 0.172. The normalized spacial score (nSPS) is 13.1. The molecule has 0 spiro atoms. The summed E-state index contributed by atoms with van der Waals surface area (Å²) < 4.78 is 5.10. The summed E-state index contributed by atoms with van der Waals surface area (Å²) in [6.07, 6.45) is 1.57. The van der Waals surface area contributed by atoms with Crippen molar-refractivity contribution in [2.24, 2.45) is 0 Å². The van der Waals surface area contributed by atoms with E-state index < -0.39 is 17.8 Å². The van der Waals surface area contributed by atoms with Gasteiger partial charge in [0.05, 0.1) is 17.9 Å². The maximum Gasteiger partial charge on any atom is 0.338 e. The first-order valence-electron chi connectivity index (χ1n) is 12.2. The molecule has 194 valence electrons. The maximum absolute atomic E-state index is 13.0. The Balaban J connectivity index is 1.40. The van der Waals surface area contributed by atoms with Crippen molar-refractivity contribution in [3.8, 4) is 0 Å². The van der Waals surface area contributed by atoms with Gasteiger partial charge < -0.3 is 15.4 Å². The standard InChI is InChI=1S/C29H26ClN3O5/c1-3-17-38-29(37)20-9-13-22(14-10-20)32-26(34)19-7-11-21(12-8-19)31-25-24(30)27(35)33(28(25)36)23-15-5-18(4-2)6-16-23/h5-16,31H,3-4,17H2,1-2H3,(H,32,34). The Labute approximate surface area is 225 Å². The van der Waals surface area contributed by atoms with Crippen LogP contribution in [0, 0.1) is 0 Å². The lowest BCUT2D eigenvalue weighted by Crippen LogP contribution is -2.32. The van der Waals surface area contributed by atoms with Crippen LogP contribution in [0.3, 0.4) is 0 Å². The van der Waals surface area contributed by atoms with E-state index in [-0.39, 0.29) is 16.6 Å². The minimum absolute atomic E-state index is 0.0361. The number of carbonyl (C=O) groups excluding carboxylic acids is 4. The molecule has 0 fully saturated rings. The highest BCUT2D eigenvalue weighted by molar-refractivity contribution is 6.53. The number of hydrogen-bond acceptors (Lipinski definition) is 6. The van der Waals surface area contributed by atoms with Crippen LogP contribution in [-0.2, 0) is 20.7 Å². The molecule has 1 heterocycles.